The summed E-state index contributed by atoms with van der Waals surface area (Å²) in [7, 11) is 0. The topological polar surface area (TPSA) is 32.8 Å². The molecule has 0 fully saturated rings. The van der Waals surface area contributed by atoms with Gasteiger partial charge in [-0.05, 0) is 207 Å². The number of aryl methyl sites for hydroxylation is 5. The molecule has 0 aliphatic heterocycles. The van der Waals surface area contributed by atoms with Crippen LogP contribution in [0.15, 0.2) is 148 Å². The zero-order valence-electron chi connectivity index (χ0n) is 37.5. The lowest BCUT2D eigenvalue weighted by molar-refractivity contribution is 0.656. The molecule has 11 aromatic rings. The minimum absolute atomic E-state index is 0.835. The third kappa shape index (κ3) is 6.03. The van der Waals surface area contributed by atoms with Crippen LogP contribution in [0.2, 0.25) is 0 Å². The van der Waals surface area contributed by atoms with Crippen LogP contribution >= 0.6 is 0 Å². The van der Waals surface area contributed by atoms with Crippen LogP contribution in [0.1, 0.15) is 50.1 Å². The van der Waals surface area contributed by atoms with Crippen LogP contribution in [-0.4, -0.2) is 0 Å². The Balaban J connectivity index is 1.04. The number of anilines is 6. The Morgan fingerprint density at radius 3 is 1.00 bits per heavy atom. The fourth-order valence-corrected chi connectivity index (χ4v) is 9.92. The van der Waals surface area contributed by atoms with E-state index >= 15 is 0 Å². The molecule has 308 valence electrons. The molecule has 4 nitrogen and oxygen atoms in total. The Morgan fingerprint density at radius 1 is 0.302 bits per heavy atom. The van der Waals surface area contributed by atoms with Gasteiger partial charge in [0.1, 0.15) is 22.3 Å². The lowest BCUT2D eigenvalue weighted by Crippen LogP contribution is -2.13. The smallest absolute Gasteiger partial charge is 0.139 e. The van der Waals surface area contributed by atoms with Gasteiger partial charge in [-0.3, -0.25) is 0 Å². The van der Waals surface area contributed by atoms with Gasteiger partial charge in [0.2, 0.25) is 0 Å². The van der Waals surface area contributed by atoms with E-state index in [1.807, 2.05) is 0 Å². The van der Waals surface area contributed by atoms with Crippen LogP contribution in [0.25, 0.3) is 65.4 Å². The van der Waals surface area contributed by atoms with Gasteiger partial charge in [-0.25, -0.2) is 0 Å². The summed E-state index contributed by atoms with van der Waals surface area (Å²) in [6.07, 6.45) is 0. The van der Waals surface area contributed by atoms with Crippen molar-refractivity contribution in [3.8, 4) is 0 Å². The van der Waals surface area contributed by atoms with Gasteiger partial charge < -0.3 is 18.6 Å². The molecule has 63 heavy (non-hydrogen) atoms. The van der Waals surface area contributed by atoms with Crippen LogP contribution in [0.3, 0.4) is 0 Å². The van der Waals surface area contributed by atoms with E-state index in [0.717, 1.165) is 66.0 Å². The molecular formula is C59H50N2O2. The van der Waals surface area contributed by atoms with Gasteiger partial charge in [-0.15, -0.1) is 0 Å². The summed E-state index contributed by atoms with van der Waals surface area (Å²) in [5, 5.41) is 9.09. The zero-order chi connectivity index (χ0) is 43.4. The van der Waals surface area contributed by atoms with Crippen LogP contribution in [0.5, 0.6) is 0 Å². The van der Waals surface area contributed by atoms with Gasteiger partial charge in [-0.1, -0.05) is 60.7 Å². The predicted molar refractivity (Wildman–Crippen MR) is 268 cm³/mol. The number of nitrogens with zero attached hydrogens (tertiary/aromatic N) is 2. The normalized spacial score (nSPS) is 11.9. The first-order valence-corrected chi connectivity index (χ1v) is 22.0. The highest BCUT2D eigenvalue weighted by molar-refractivity contribution is 6.21. The molecular weight excluding hydrogens is 769 g/mol. The van der Waals surface area contributed by atoms with E-state index in [2.05, 4.69) is 212 Å². The average molecular weight is 819 g/mol. The lowest BCUT2D eigenvalue weighted by Gasteiger charge is -2.30. The van der Waals surface area contributed by atoms with Crippen molar-refractivity contribution in [2.45, 2.75) is 62.3 Å². The number of rotatable bonds is 6. The summed E-state index contributed by atoms with van der Waals surface area (Å²) in [6.45, 7) is 19.8. The Kier molecular flexibility index (Phi) is 8.82. The van der Waals surface area contributed by atoms with E-state index in [1.165, 1.54) is 83.6 Å². The van der Waals surface area contributed by atoms with Crippen molar-refractivity contribution in [3.63, 3.8) is 0 Å². The van der Waals surface area contributed by atoms with Crippen molar-refractivity contribution in [1.29, 1.82) is 0 Å². The summed E-state index contributed by atoms with van der Waals surface area (Å²) >= 11 is 0. The van der Waals surface area contributed by atoms with Crippen LogP contribution in [0.4, 0.5) is 34.1 Å². The third-order valence-corrected chi connectivity index (χ3v) is 14.1. The Hall–Kier alpha value is -7.30. The van der Waals surface area contributed by atoms with E-state index in [1.54, 1.807) is 0 Å². The molecule has 0 unspecified atom stereocenters. The standard InChI is InChI=1S/C59H50N2O2/c1-33-14-10-18-50(37(33)5)60(51-19-11-15-34(2)38(51)6)46-24-22-42-28-48-54(30-44(42)26-46)62-56-32-57-59(41(9)58(48)56)49-29-43-23-25-47(27-45(43)31-55(49)63-57)61(52-20-12-16-35(3)39(52)7)53-21-13-17-36(4)40(53)8/h10-32H,1-9H3. The molecule has 0 saturated heterocycles. The fraction of sp³-hybridized carbons (Fsp3) is 0.153. The summed E-state index contributed by atoms with van der Waals surface area (Å²) < 4.78 is 13.5. The van der Waals surface area contributed by atoms with E-state index in [-0.39, 0.29) is 0 Å². The van der Waals surface area contributed by atoms with Gasteiger partial charge in [-0.2, -0.15) is 0 Å². The summed E-state index contributed by atoms with van der Waals surface area (Å²) in [5.74, 6) is 0. The second-order valence-electron chi connectivity index (χ2n) is 17.8. The Bertz CT molecular complexity index is 3350. The minimum atomic E-state index is 0.835. The molecule has 0 radical (unpaired) electrons. The van der Waals surface area contributed by atoms with Crippen LogP contribution < -0.4 is 9.80 Å². The van der Waals surface area contributed by atoms with Gasteiger partial charge in [0.05, 0.1) is 0 Å². The highest BCUT2D eigenvalue weighted by Gasteiger charge is 2.23. The van der Waals surface area contributed by atoms with E-state index in [4.69, 9.17) is 8.83 Å². The number of hydrogen-bond acceptors (Lipinski definition) is 4. The number of fused-ring (bicyclic) bond motifs is 8. The van der Waals surface area contributed by atoms with Crippen molar-refractivity contribution in [1.82, 2.24) is 0 Å². The molecule has 2 heterocycles. The molecule has 0 atom stereocenters. The highest BCUT2D eigenvalue weighted by atomic mass is 16.3. The van der Waals surface area contributed by atoms with Crippen molar-refractivity contribution in [2.75, 3.05) is 9.80 Å². The molecule has 9 aromatic carbocycles. The van der Waals surface area contributed by atoms with E-state index in [9.17, 15) is 0 Å². The number of hydrogen-bond donors (Lipinski definition) is 0. The van der Waals surface area contributed by atoms with Crippen molar-refractivity contribution >= 4 is 99.5 Å². The first-order valence-electron chi connectivity index (χ1n) is 22.0. The molecule has 0 bridgehead atoms. The van der Waals surface area contributed by atoms with Crippen LogP contribution in [0, 0.1) is 62.3 Å². The van der Waals surface area contributed by atoms with E-state index in [0.29, 0.717) is 0 Å². The van der Waals surface area contributed by atoms with Crippen molar-refractivity contribution in [3.05, 3.63) is 190 Å². The van der Waals surface area contributed by atoms with Crippen molar-refractivity contribution < 1.29 is 8.83 Å². The first-order chi connectivity index (χ1) is 30.4. The molecule has 0 spiro atoms. The van der Waals surface area contributed by atoms with Crippen LogP contribution in [-0.2, 0) is 0 Å². The maximum absolute atomic E-state index is 6.75. The van der Waals surface area contributed by atoms with Gasteiger partial charge >= 0.3 is 0 Å². The third-order valence-electron chi connectivity index (χ3n) is 14.1. The van der Waals surface area contributed by atoms with E-state index < -0.39 is 0 Å². The number of benzene rings is 9. The molecule has 0 amide bonds. The average Bonchev–Trinajstić information content (AvgIpc) is 3.82. The molecule has 0 N–H and O–H groups in total. The largest absolute Gasteiger partial charge is 0.456 e. The first kappa shape index (κ1) is 38.6. The van der Waals surface area contributed by atoms with Gasteiger partial charge in [0.15, 0.2) is 0 Å². The zero-order valence-corrected chi connectivity index (χ0v) is 37.5. The van der Waals surface area contributed by atoms with Crippen molar-refractivity contribution in [2.24, 2.45) is 0 Å². The second-order valence-corrected chi connectivity index (χ2v) is 17.8. The molecule has 11 rings (SSSR count). The summed E-state index contributed by atoms with van der Waals surface area (Å²) in [5.41, 5.74) is 21.7. The highest BCUT2D eigenvalue weighted by Crippen LogP contribution is 2.46. The Morgan fingerprint density at radius 2 is 0.651 bits per heavy atom. The molecule has 0 saturated carbocycles. The quantitative estimate of drug-likeness (QED) is 0.167. The maximum Gasteiger partial charge on any atom is 0.139 e. The number of furan rings is 2. The maximum atomic E-state index is 6.75. The SMILES string of the molecule is Cc1cccc(N(c2ccc3cc4c(cc3c2)oc2cc3oc5cc6cc(N(c7cccc(C)c7C)c7cccc(C)c7C)ccc6cc5c3c(C)c24)c2cccc(C)c2C)c1C. The fourth-order valence-electron chi connectivity index (χ4n) is 9.92. The molecule has 2 aromatic heterocycles. The summed E-state index contributed by atoms with van der Waals surface area (Å²) in [4.78, 5) is 4.82. The summed E-state index contributed by atoms with van der Waals surface area (Å²) in [6, 6.07) is 51.1. The Labute approximate surface area is 368 Å². The molecule has 0 aliphatic rings. The monoisotopic (exact) mass is 818 g/mol. The molecule has 4 heteroatoms. The predicted octanol–water partition coefficient (Wildman–Crippen LogP) is 17.5. The van der Waals surface area contributed by atoms with Gasteiger partial charge in [0.25, 0.3) is 0 Å². The lowest BCUT2D eigenvalue weighted by atomic mass is 9.98. The second kappa shape index (κ2) is 14.4. The molecule has 0 aliphatic carbocycles. The minimum Gasteiger partial charge on any atom is -0.456 e. The van der Waals surface area contributed by atoms with Gasteiger partial charge in [0, 0.05) is 61.7 Å².